The van der Waals surface area contributed by atoms with Crippen LogP contribution in [0.1, 0.15) is 30.7 Å². The largest absolute Gasteiger partial charge is 0.353 e. The van der Waals surface area contributed by atoms with E-state index in [4.69, 9.17) is 11.6 Å². The molecule has 2 fully saturated rings. The van der Waals surface area contributed by atoms with Crippen LogP contribution < -0.4 is 4.90 Å². The fraction of sp³-hybridized carbons (Fsp3) is 0.714. The molecule has 0 aliphatic carbocycles. The maximum Gasteiger partial charge on any atom is 0.137 e. The summed E-state index contributed by atoms with van der Waals surface area (Å²) in [6.07, 6.45) is 4.03. The van der Waals surface area contributed by atoms with Gasteiger partial charge in [0.1, 0.15) is 16.8 Å². The predicted octanol–water partition coefficient (Wildman–Crippen LogP) is 2.42. The zero-order valence-corrected chi connectivity index (χ0v) is 12.4. The van der Waals surface area contributed by atoms with Crippen molar-refractivity contribution in [1.29, 1.82) is 0 Å². The van der Waals surface area contributed by atoms with Gasteiger partial charge in [0, 0.05) is 31.2 Å². The minimum atomic E-state index is 0.591. The number of anilines is 1. The molecule has 0 bridgehead atoms. The molecule has 1 unspecified atom stereocenters. The number of hydrogen-bond acceptors (Lipinski definition) is 4. The smallest absolute Gasteiger partial charge is 0.137 e. The zero-order chi connectivity index (χ0) is 13.4. The van der Waals surface area contributed by atoms with Crippen molar-refractivity contribution in [3.63, 3.8) is 0 Å². The predicted molar refractivity (Wildman–Crippen MR) is 77.9 cm³/mol. The minimum absolute atomic E-state index is 0.591. The molecule has 3 rings (SSSR count). The molecule has 1 atom stereocenters. The molecule has 0 N–H and O–H groups in total. The van der Waals surface area contributed by atoms with Crippen molar-refractivity contribution in [1.82, 2.24) is 14.9 Å². The van der Waals surface area contributed by atoms with Crippen LogP contribution in [0.2, 0.25) is 5.15 Å². The Balaban J connectivity index is 1.83. The quantitative estimate of drug-likeness (QED) is 0.740. The van der Waals surface area contributed by atoms with Crippen LogP contribution in [-0.4, -0.2) is 47.1 Å². The van der Waals surface area contributed by atoms with Crippen LogP contribution in [-0.2, 0) is 0 Å². The van der Waals surface area contributed by atoms with Gasteiger partial charge in [0.2, 0.25) is 0 Å². The summed E-state index contributed by atoms with van der Waals surface area (Å²) in [5.74, 6) is 1.79. The van der Waals surface area contributed by atoms with Gasteiger partial charge in [-0.05, 0) is 33.2 Å². The number of aromatic nitrogens is 2. The van der Waals surface area contributed by atoms with E-state index < -0.39 is 0 Å². The van der Waals surface area contributed by atoms with Crippen molar-refractivity contribution in [2.24, 2.45) is 0 Å². The lowest BCUT2D eigenvalue weighted by Crippen LogP contribution is -2.55. The van der Waals surface area contributed by atoms with Gasteiger partial charge < -0.3 is 4.90 Å². The summed E-state index contributed by atoms with van der Waals surface area (Å²) in [5.41, 5.74) is 1.01. The van der Waals surface area contributed by atoms with E-state index in [0.29, 0.717) is 11.2 Å². The fourth-order valence-electron chi connectivity index (χ4n) is 3.24. The van der Waals surface area contributed by atoms with Crippen LogP contribution in [0.15, 0.2) is 0 Å². The number of fused-ring (bicyclic) bond motifs is 1. The standard InChI is InChI=1S/C14H21ClN4/c1-10-13(15)16-11(2)17-14(10)19-8-7-18-6-4-3-5-12(18)9-19/h12H,3-9H2,1-2H3. The van der Waals surface area contributed by atoms with E-state index in [2.05, 4.69) is 19.8 Å². The van der Waals surface area contributed by atoms with Gasteiger partial charge in [-0.15, -0.1) is 0 Å². The SMILES string of the molecule is Cc1nc(Cl)c(C)c(N2CCN3CCCCC3C2)n1. The van der Waals surface area contributed by atoms with Crippen molar-refractivity contribution in [2.45, 2.75) is 39.2 Å². The number of hydrogen-bond donors (Lipinski definition) is 0. The Kier molecular flexibility index (Phi) is 3.63. The summed E-state index contributed by atoms with van der Waals surface area (Å²) in [6.45, 7) is 8.46. The molecule has 2 saturated heterocycles. The van der Waals surface area contributed by atoms with E-state index in [1.54, 1.807) is 0 Å². The van der Waals surface area contributed by atoms with Crippen molar-refractivity contribution >= 4 is 17.4 Å². The summed E-state index contributed by atoms with van der Waals surface area (Å²) in [6, 6.07) is 0.691. The molecule has 0 aromatic carbocycles. The van der Waals surface area contributed by atoms with Gasteiger partial charge in [-0.25, -0.2) is 9.97 Å². The molecule has 2 aliphatic heterocycles. The van der Waals surface area contributed by atoms with E-state index in [1.165, 1.54) is 25.8 Å². The average Bonchev–Trinajstić information content (AvgIpc) is 2.42. The number of rotatable bonds is 1. The fourth-order valence-corrected chi connectivity index (χ4v) is 3.44. The first kappa shape index (κ1) is 13.1. The van der Waals surface area contributed by atoms with E-state index in [0.717, 1.165) is 36.8 Å². The molecule has 104 valence electrons. The first-order valence-corrected chi connectivity index (χ1v) is 7.52. The first-order valence-electron chi connectivity index (χ1n) is 7.15. The lowest BCUT2D eigenvalue weighted by molar-refractivity contribution is 0.133. The first-order chi connectivity index (χ1) is 9.15. The molecule has 0 saturated carbocycles. The molecule has 19 heavy (non-hydrogen) atoms. The normalized spacial score (nSPS) is 24.4. The molecule has 1 aromatic rings. The zero-order valence-electron chi connectivity index (χ0n) is 11.7. The summed E-state index contributed by atoms with van der Waals surface area (Å²) < 4.78 is 0. The van der Waals surface area contributed by atoms with Gasteiger partial charge in [-0.3, -0.25) is 4.90 Å². The third-order valence-electron chi connectivity index (χ3n) is 4.31. The number of piperazine rings is 1. The highest BCUT2D eigenvalue weighted by molar-refractivity contribution is 6.30. The molecule has 0 radical (unpaired) electrons. The van der Waals surface area contributed by atoms with Crippen molar-refractivity contribution in [2.75, 3.05) is 31.1 Å². The van der Waals surface area contributed by atoms with E-state index >= 15 is 0 Å². The Bertz CT molecular complexity index is 477. The van der Waals surface area contributed by atoms with Gasteiger partial charge in [-0.1, -0.05) is 18.0 Å². The Morgan fingerprint density at radius 2 is 1.95 bits per heavy atom. The monoisotopic (exact) mass is 280 g/mol. The third-order valence-corrected chi connectivity index (χ3v) is 4.68. The maximum atomic E-state index is 6.19. The number of aryl methyl sites for hydroxylation is 1. The molecule has 2 aliphatic rings. The van der Waals surface area contributed by atoms with Crippen LogP contribution in [0.3, 0.4) is 0 Å². The lowest BCUT2D eigenvalue weighted by Gasteiger charge is -2.44. The van der Waals surface area contributed by atoms with Crippen LogP contribution >= 0.6 is 11.6 Å². The molecule has 4 nitrogen and oxygen atoms in total. The number of nitrogens with zero attached hydrogens (tertiary/aromatic N) is 4. The summed E-state index contributed by atoms with van der Waals surface area (Å²) >= 11 is 6.19. The highest BCUT2D eigenvalue weighted by Gasteiger charge is 2.30. The van der Waals surface area contributed by atoms with Gasteiger partial charge >= 0.3 is 0 Å². The molecule has 5 heteroatoms. The minimum Gasteiger partial charge on any atom is -0.353 e. The van der Waals surface area contributed by atoms with Gasteiger partial charge in [0.25, 0.3) is 0 Å². The summed E-state index contributed by atoms with van der Waals surface area (Å²) in [5, 5.41) is 0.591. The molecule has 1 aromatic heterocycles. The highest BCUT2D eigenvalue weighted by Crippen LogP contribution is 2.28. The Morgan fingerprint density at radius 3 is 2.79 bits per heavy atom. The van der Waals surface area contributed by atoms with Crippen LogP contribution in [0.4, 0.5) is 5.82 Å². The van der Waals surface area contributed by atoms with Crippen molar-refractivity contribution < 1.29 is 0 Å². The van der Waals surface area contributed by atoms with Crippen LogP contribution in [0.25, 0.3) is 0 Å². The Hall–Kier alpha value is -0.870. The second-order valence-electron chi connectivity index (χ2n) is 5.64. The maximum absolute atomic E-state index is 6.19. The van der Waals surface area contributed by atoms with Crippen LogP contribution in [0, 0.1) is 13.8 Å². The van der Waals surface area contributed by atoms with E-state index in [9.17, 15) is 0 Å². The molecular weight excluding hydrogens is 260 g/mol. The highest BCUT2D eigenvalue weighted by atomic mass is 35.5. The number of halogens is 1. The summed E-state index contributed by atoms with van der Waals surface area (Å²) in [7, 11) is 0. The second-order valence-corrected chi connectivity index (χ2v) is 6.00. The molecule has 0 spiro atoms. The van der Waals surface area contributed by atoms with Gasteiger partial charge in [0.15, 0.2) is 0 Å². The topological polar surface area (TPSA) is 32.3 Å². The van der Waals surface area contributed by atoms with Gasteiger partial charge in [0.05, 0.1) is 0 Å². The van der Waals surface area contributed by atoms with Crippen molar-refractivity contribution in [3.05, 3.63) is 16.5 Å². The van der Waals surface area contributed by atoms with E-state index in [1.807, 2.05) is 13.8 Å². The Labute approximate surface area is 119 Å². The van der Waals surface area contributed by atoms with Crippen molar-refractivity contribution in [3.8, 4) is 0 Å². The van der Waals surface area contributed by atoms with Crippen LogP contribution in [0.5, 0.6) is 0 Å². The molecular formula is C14H21ClN4. The lowest BCUT2D eigenvalue weighted by atomic mass is 9.99. The summed E-state index contributed by atoms with van der Waals surface area (Å²) in [4.78, 5) is 13.9. The molecule has 0 amide bonds. The molecule has 3 heterocycles. The Morgan fingerprint density at radius 1 is 1.11 bits per heavy atom. The average molecular weight is 281 g/mol. The van der Waals surface area contributed by atoms with E-state index in [-0.39, 0.29) is 0 Å². The van der Waals surface area contributed by atoms with Gasteiger partial charge in [-0.2, -0.15) is 0 Å². The second kappa shape index (κ2) is 5.25. The third kappa shape index (κ3) is 2.56. The number of piperidine rings is 1.